The zero-order valence-electron chi connectivity index (χ0n) is 13.4. The Kier molecular flexibility index (Phi) is 6.25. The van der Waals surface area contributed by atoms with Gasteiger partial charge in [-0.2, -0.15) is 5.26 Å². The van der Waals surface area contributed by atoms with E-state index in [9.17, 15) is 4.79 Å². The van der Waals surface area contributed by atoms with E-state index in [0.29, 0.717) is 11.3 Å². The third-order valence-electron chi connectivity index (χ3n) is 3.56. The number of amides is 1. The molecule has 0 saturated carbocycles. The molecule has 0 fully saturated rings. The van der Waals surface area contributed by atoms with Crippen LogP contribution >= 0.6 is 11.8 Å². The first-order valence-corrected chi connectivity index (χ1v) is 8.74. The van der Waals surface area contributed by atoms with Crippen molar-refractivity contribution in [2.75, 3.05) is 11.1 Å². The Hall–Kier alpha value is -2.25. The molecule has 2 aromatic rings. The third-order valence-corrected chi connectivity index (χ3v) is 4.57. The van der Waals surface area contributed by atoms with Crippen molar-refractivity contribution in [3.63, 3.8) is 0 Å². The maximum absolute atomic E-state index is 12.2. The van der Waals surface area contributed by atoms with Gasteiger partial charge in [-0.05, 0) is 42.2 Å². The van der Waals surface area contributed by atoms with Gasteiger partial charge in [-0.1, -0.05) is 37.3 Å². The molecule has 4 heteroatoms. The highest BCUT2D eigenvalue weighted by molar-refractivity contribution is 7.99. The van der Waals surface area contributed by atoms with Crippen molar-refractivity contribution in [1.29, 1.82) is 5.26 Å². The molecule has 0 saturated heterocycles. The van der Waals surface area contributed by atoms with E-state index >= 15 is 0 Å². The number of thioether (sulfide) groups is 1. The molecule has 0 atom stereocenters. The average Bonchev–Trinajstić information content (AvgIpc) is 2.57. The molecule has 0 unspecified atom stereocenters. The van der Waals surface area contributed by atoms with Crippen LogP contribution < -0.4 is 5.32 Å². The van der Waals surface area contributed by atoms with Crippen molar-refractivity contribution in [1.82, 2.24) is 0 Å². The molecule has 118 valence electrons. The number of hydrogen-bond donors (Lipinski definition) is 1. The number of carbonyl (C=O) groups is 1. The molecule has 23 heavy (non-hydrogen) atoms. The molecule has 0 aliphatic carbocycles. The summed E-state index contributed by atoms with van der Waals surface area (Å²) in [4.78, 5) is 12.2. The second-order valence-corrected chi connectivity index (χ2v) is 6.30. The number of carbonyl (C=O) groups excluding carboxylic acids is 1. The maximum atomic E-state index is 12.2. The van der Waals surface area contributed by atoms with Crippen LogP contribution in [0.4, 0.5) is 5.69 Å². The Labute approximate surface area is 141 Å². The van der Waals surface area contributed by atoms with Crippen LogP contribution in [0.2, 0.25) is 0 Å². The molecule has 3 nitrogen and oxygen atoms in total. The molecule has 0 spiro atoms. The summed E-state index contributed by atoms with van der Waals surface area (Å²) < 4.78 is 0. The first-order valence-electron chi connectivity index (χ1n) is 7.59. The second-order valence-electron chi connectivity index (χ2n) is 5.32. The number of para-hydroxylation sites is 1. The summed E-state index contributed by atoms with van der Waals surface area (Å²) in [5, 5.41) is 11.9. The van der Waals surface area contributed by atoms with Crippen molar-refractivity contribution >= 4 is 23.4 Å². The lowest BCUT2D eigenvalue weighted by atomic mass is 10.1. The molecule has 0 aromatic heterocycles. The normalized spacial score (nSPS) is 10.1. The molecule has 0 bridgehead atoms. The standard InChI is InChI=1S/C19H20N2OS/c1-3-17-9-4-6-14(2)19(17)21-18(22)13-23-12-16-8-5-7-15(10-16)11-20/h4-10H,3,12-13H2,1-2H3,(H,21,22). The fraction of sp³-hybridized carbons (Fsp3) is 0.263. The number of benzene rings is 2. The Morgan fingerprint density at radius 3 is 2.78 bits per heavy atom. The molecular formula is C19H20N2OS. The van der Waals surface area contributed by atoms with Crippen molar-refractivity contribution in [3.05, 3.63) is 64.7 Å². The fourth-order valence-electron chi connectivity index (χ4n) is 2.37. The number of hydrogen-bond acceptors (Lipinski definition) is 3. The van der Waals surface area contributed by atoms with Gasteiger partial charge in [0.15, 0.2) is 0 Å². The molecule has 1 N–H and O–H groups in total. The summed E-state index contributed by atoms with van der Waals surface area (Å²) >= 11 is 1.55. The van der Waals surface area contributed by atoms with Gasteiger partial charge in [0.2, 0.25) is 5.91 Å². The smallest absolute Gasteiger partial charge is 0.234 e. The number of nitriles is 1. The summed E-state index contributed by atoms with van der Waals surface area (Å²) in [7, 11) is 0. The first-order chi connectivity index (χ1) is 11.1. The van der Waals surface area contributed by atoms with Crippen LogP contribution in [0.3, 0.4) is 0 Å². The number of rotatable bonds is 6. The van der Waals surface area contributed by atoms with Gasteiger partial charge in [-0.3, -0.25) is 4.79 Å². The number of nitrogens with one attached hydrogen (secondary N) is 1. The van der Waals surface area contributed by atoms with Crippen LogP contribution in [0.5, 0.6) is 0 Å². The van der Waals surface area contributed by atoms with Crippen molar-refractivity contribution in [2.24, 2.45) is 0 Å². The highest BCUT2D eigenvalue weighted by Gasteiger charge is 2.08. The number of anilines is 1. The van der Waals surface area contributed by atoms with Crippen LogP contribution in [0.1, 0.15) is 29.2 Å². The minimum atomic E-state index is 0.00966. The molecule has 0 heterocycles. The van der Waals surface area contributed by atoms with E-state index in [0.717, 1.165) is 34.6 Å². The highest BCUT2D eigenvalue weighted by atomic mass is 32.2. The summed E-state index contributed by atoms with van der Waals surface area (Å²) in [6.45, 7) is 4.09. The third kappa shape index (κ3) is 4.87. The van der Waals surface area contributed by atoms with Crippen LogP contribution in [-0.4, -0.2) is 11.7 Å². The largest absolute Gasteiger partial charge is 0.325 e. The van der Waals surface area contributed by atoms with Crippen molar-refractivity contribution in [2.45, 2.75) is 26.0 Å². The van der Waals surface area contributed by atoms with Gasteiger partial charge in [-0.15, -0.1) is 11.8 Å². The van der Waals surface area contributed by atoms with E-state index in [1.54, 1.807) is 17.8 Å². The topological polar surface area (TPSA) is 52.9 Å². The Balaban J connectivity index is 1.90. The van der Waals surface area contributed by atoms with E-state index in [4.69, 9.17) is 5.26 Å². The summed E-state index contributed by atoms with van der Waals surface area (Å²) in [5.41, 5.74) is 4.90. The average molecular weight is 324 g/mol. The van der Waals surface area contributed by atoms with Crippen LogP contribution in [-0.2, 0) is 17.0 Å². The molecule has 0 aliphatic rings. The van der Waals surface area contributed by atoms with Gasteiger partial charge in [0.25, 0.3) is 0 Å². The monoisotopic (exact) mass is 324 g/mol. The van der Waals surface area contributed by atoms with E-state index in [-0.39, 0.29) is 5.91 Å². The fourth-order valence-corrected chi connectivity index (χ4v) is 3.14. The van der Waals surface area contributed by atoms with Gasteiger partial charge < -0.3 is 5.32 Å². The van der Waals surface area contributed by atoms with Gasteiger partial charge in [0.05, 0.1) is 17.4 Å². The lowest BCUT2D eigenvalue weighted by molar-refractivity contribution is -0.113. The Morgan fingerprint density at radius 2 is 2.04 bits per heavy atom. The Morgan fingerprint density at radius 1 is 1.26 bits per heavy atom. The lowest BCUT2D eigenvalue weighted by Crippen LogP contribution is -2.16. The molecule has 0 radical (unpaired) electrons. The quantitative estimate of drug-likeness (QED) is 0.862. The second kappa shape index (κ2) is 8.40. The van der Waals surface area contributed by atoms with Crippen LogP contribution in [0.15, 0.2) is 42.5 Å². The minimum Gasteiger partial charge on any atom is -0.325 e. The maximum Gasteiger partial charge on any atom is 0.234 e. The lowest BCUT2D eigenvalue weighted by Gasteiger charge is -2.12. The van der Waals surface area contributed by atoms with E-state index in [1.807, 2.05) is 43.3 Å². The van der Waals surface area contributed by atoms with Gasteiger partial charge >= 0.3 is 0 Å². The van der Waals surface area contributed by atoms with Gasteiger partial charge in [-0.25, -0.2) is 0 Å². The molecule has 1 amide bonds. The zero-order valence-corrected chi connectivity index (χ0v) is 14.2. The van der Waals surface area contributed by atoms with Crippen molar-refractivity contribution in [3.8, 4) is 6.07 Å². The van der Waals surface area contributed by atoms with Crippen molar-refractivity contribution < 1.29 is 4.79 Å². The molecule has 2 rings (SSSR count). The highest BCUT2D eigenvalue weighted by Crippen LogP contribution is 2.21. The first kappa shape index (κ1) is 17.1. The summed E-state index contributed by atoms with van der Waals surface area (Å²) in [6.07, 6.45) is 0.894. The van der Waals surface area contributed by atoms with Gasteiger partial charge in [0.1, 0.15) is 0 Å². The van der Waals surface area contributed by atoms with E-state index in [1.165, 1.54) is 0 Å². The summed E-state index contributed by atoms with van der Waals surface area (Å²) in [5.74, 6) is 1.13. The SMILES string of the molecule is CCc1cccc(C)c1NC(=O)CSCc1cccc(C#N)c1. The zero-order chi connectivity index (χ0) is 16.7. The van der Waals surface area contributed by atoms with Crippen LogP contribution in [0, 0.1) is 18.3 Å². The van der Waals surface area contributed by atoms with E-state index < -0.39 is 0 Å². The van der Waals surface area contributed by atoms with E-state index in [2.05, 4.69) is 18.3 Å². The van der Waals surface area contributed by atoms with Crippen LogP contribution in [0.25, 0.3) is 0 Å². The number of aryl methyl sites for hydroxylation is 2. The molecule has 0 aliphatic heterocycles. The van der Waals surface area contributed by atoms with Gasteiger partial charge in [0, 0.05) is 11.4 Å². The Bertz CT molecular complexity index is 734. The molecule has 2 aromatic carbocycles. The summed E-state index contributed by atoms with van der Waals surface area (Å²) in [6, 6.07) is 15.7. The number of nitrogens with zero attached hydrogens (tertiary/aromatic N) is 1. The minimum absolute atomic E-state index is 0.00966. The predicted molar refractivity (Wildman–Crippen MR) is 96.5 cm³/mol. The predicted octanol–water partition coefficient (Wildman–Crippen LogP) is 4.30. The molecular weight excluding hydrogens is 304 g/mol.